The quantitative estimate of drug-likeness (QED) is 0.163. The summed E-state index contributed by atoms with van der Waals surface area (Å²) in [6.07, 6.45) is 7.12. The molecule has 0 unspecified atom stereocenters. The smallest absolute Gasteiger partial charge is 0.305 e. The molecule has 0 spiro atoms. The Labute approximate surface area is 180 Å². The fourth-order valence-electron chi connectivity index (χ4n) is 3.11. The monoisotopic (exact) mass is 487 g/mol. The van der Waals surface area contributed by atoms with Gasteiger partial charge in [-0.05, 0) is 38.2 Å². The first kappa shape index (κ1) is 23.7. The van der Waals surface area contributed by atoms with E-state index in [0.717, 1.165) is 51.3 Å². The van der Waals surface area contributed by atoms with Crippen LogP contribution in [0.5, 0.6) is 0 Å². The molecule has 0 radical (unpaired) electrons. The van der Waals surface area contributed by atoms with Gasteiger partial charge in [0.25, 0.3) is 0 Å². The van der Waals surface area contributed by atoms with Crippen molar-refractivity contribution in [3.05, 3.63) is 35.9 Å². The van der Waals surface area contributed by atoms with Gasteiger partial charge in [0.15, 0.2) is 5.96 Å². The molecule has 6 heteroatoms. The molecule has 0 atom stereocenters. The predicted octanol–water partition coefficient (Wildman–Crippen LogP) is 4.01. The molecular formula is C21H34IN3O2. The van der Waals surface area contributed by atoms with E-state index in [0.29, 0.717) is 6.42 Å². The minimum atomic E-state index is -0.114. The van der Waals surface area contributed by atoms with Crippen LogP contribution in [0.15, 0.2) is 35.3 Å². The van der Waals surface area contributed by atoms with Crippen LogP contribution in [0.3, 0.4) is 0 Å². The highest BCUT2D eigenvalue weighted by Gasteiger charge is 2.43. The molecule has 1 aliphatic carbocycles. The predicted molar refractivity (Wildman–Crippen MR) is 122 cm³/mol. The van der Waals surface area contributed by atoms with Gasteiger partial charge < -0.3 is 15.4 Å². The highest BCUT2D eigenvalue weighted by molar-refractivity contribution is 14.0. The molecule has 5 nitrogen and oxygen atoms in total. The Balaban J connectivity index is 0.00000364. The standard InChI is InChI=1S/C21H33N3O2.HI/c1-3-22-20(23-16-10-5-4-9-13-19(25)26-2)24-17-21(14-15-21)18-11-7-6-8-12-18;/h6-8,11-12H,3-5,9-10,13-17H2,1-2H3,(H2,22,23,24);1H. The maximum absolute atomic E-state index is 11.1. The largest absolute Gasteiger partial charge is 0.469 e. The lowest BCUT2D eigenvalue weighted by Gasteiger charge is -2.16. The van der Waals surface area contributed by atoms with Crippen LogP contribution in [-0.4, -0.2) is 38.7 Å². The number of halogens is 1. The van der Waals surface area contributed by atoms with Crippen molar-refractivity contribution >= 4 is 35.9 Å². The third-order valence-electron chi connectivity index (χ3n) is 4.95. The van der Waals surface area contributed by atoms with Crippen molar-refractivity contribution in [2.45, 2.75) is 57.3 Å². The number of hydrogen-bond donors (Lipinski definition) is 2. The summed E-state index contributed by atoms with van der Waals surface area (Å²) in [6.45, 7) is 4.70. The third-order valence-corrected chi connectivity index (χ3v) is 4.95. The molecule has 0 aromatic heterocycles. The molecule has 1 fully saturated rings. The topological polar surface area (TPSA) is 62.7 Å². The Morgan fingerprint density at radius 3 is 2.44 bits per heavy atom. The second-order valence-corrected chi connectivity index (χ2v) is 7.01. The number of aliphatic imine (C=N–C) groups is 1. The van der Waals surface area contributed by atoms with Gasteiger partial charge in [0.2, 0.25) is 0 Å². The summed E-state index contributed by atoms with van der Waals surface area (Å²) < 4.78 is 4.65. The number of carbonyl (C=O) groups is 1. The van der Waals surface area contributed by atoms with Crippen molar-refractivity contribution in [3.8, 4) is 0 Å². The Morgan fingerprint density at radius 2 is 1.81 bits per heavy atom. The summed E-state index contributed by atoms with van der Waals surface area (Å²) in [4.78, 5) is 15.9. The van der Waals surface area contributed by atoms with E-state index in [4.69, 9.17) is 4.99 Å². The van der Waals surface area contributed by atoms with Gasteiger partial charge in [-0.3, -0.25) is 9.79 Å². The maximum atomic E-state index is 11.1. The normalized spacial score (nSPS) is 14.8. The van der Waals surface area contributed by atoms with E-state index >= 15 is 0 Å². The molecule has 0 aliphatic heterocycles. The van der Waals surface area contributed by atoms with Crippen molar-refractivity contribution in [2.75, 3.05) is 26.7 Å². The number of methoxy groups -OCH3 is 1. The van der Waals surface area contributed by atoms with Crippen LogP contribution in [0.4, 0.5) is 0 Å². The lowest BCUT2D eigenvalue weighted by molar-refractivity contribution is -0.140. The van der Waals surface area contributed by atoms with E-state index in [9.17, 15) is 4.79 Å². The minimum Gasteiger partial charge on any atom is -0.469 e. The average molecular weight is 487 g/mol. The summed E-state index contributed by atoms with van der Waals surface area (Å²) in [6, 6.07) is 10.7. The van der Waals surface area contributed by atoms with E-state index in [-0.39, 0.29) is 35.4 Å². The van der Waals surface area contributed by atoms with E-state index in [1.807, 2.05) is 0 Å². The number of nitrogens with zero attached hydrogens (tertiary/aromatic N) is 1. The molecule has 152 valence electrons. The number of carbonyl (C=O) groups excluding carboxylic acids is 1. The molecule has 0 heterocycles. The first-order chi connectivity index (χ1) is 12.7. The number of ether oxygens (including phenoxy) is 1. The van der Waals surface area contributed by atoms with Gasteiger partial charge in [0, 0.05) is 24.9 Å². The van der Waals surface area contributed by atoms with Gasteiger partial charge in [-0.1, -0.05) is 43.2 Å². The number of benzene rings is 1. The van der Waals surface area contributed by atoms with Crippen molar-refractivity contribution in [1.82, 2.24) is 10.6 Å². The van der Waals surface area contributed by atoms with Crippen LogP contribution in [0, 0.1) is 0 Å². The number of hydrogen-bond acceptors (Lipinski definition) is 3. The lowest BCUT2D eigenvalue weighted by atomic mass is 9.96. The van der Waals surface area contributed by atoms with Crippen molar-refractivity contribution < 1.29 is 9.53 Å². The van der Waals surface area contributed by atoms with Crippen LogP contribution < -0.4 is 10.6 Å². The molecule has 1 saturated carbocycles. The van der Waals surface area contributed by atoms with Crippen molar-refractivity contribution in [3.63, 3.8) is 0 Å². The van der Waals surface area contributed by atoms with Gasteiger partial charge in [0.1, 0.15) is 0 Å². The van der Waals surface area contributed by atoms with Crippen LogP contribution in [0.2, 0.25) is 0 Å². The summed E-state index contributed by atoms with van der Waals surface area (Å²) in [5.41, 5.74) is 1.66. The van der Waals surface area contributed by atoms with Gasteiger partial charge >= 0.3 is 5.97 Å². The Hall–Kier alpha value is -1.31. The molecule has 27 heavy (non-hydrogen) atoms. The summed E-state index contributed by atoms with van der Waals surface area (Å²) in [5, 5.41) is 6.77. The summed E-state index contributed by atoms with van der Waals surface area (Å²) >= 11 is 0. The minimum absolute atomic E-state index is 0. The zero-order chi connectivity index (χ0) is 18.7. The SMILES string of the molecule is CCNC(=NCC1(c2ccccc2)CC1)NCCCCCCC(=O)OC.I. The lowest BCUT2D eigenvalue weighted by Crippen LogP contribution is -2.38. The Bertz CT molecular complexity index is 574. The second kappa shape index (κ2) is 13.0. The number of unbranched alkanes of at least 4 members (excludes halogenated alkanes) is 3. The fourth-order valence-corrected chi connectivity index (χ4v) is 3.11. The summed E-state index contributed by atoms with van der Waals surface area (Å²) in [7, 11) is 1.44. The van der Waals surface area contributed by atoms with Gasteiger partial charge in [-0.2, -0.15) is 0 Å². The molecule has 1 aromatic carbocycles. The highest BCUT2D eigenvalue weighted by atomic mass is 127. The molecule has 2 N–H and O–H groups in total. The van der Waals surface area contributed by atoms with Crippen molar-refractivity contribution in [2.24, 2.45) is 4.99 Å². The average Bonchev–Trinajstić information content (AvgIpc) is 3.47. The Kier molecular flexibility index (Phi) is 11.4. The molecule has 0 bridgehead atoms. The highest BCUT2D eigenvalue weighted by Crippen LogP contribution is 2.48. The Morgan fingerprint density at radius 1 is 1.11 bits per heavy atom. The summed E-state index contributed by atoms with van der Waals surface area (Å²) in [5.74, 6) is 0.793. The maximum Gasteiger partial charge on any atom is 0.305 e. The number of nitrogens with one attached hydrogen (secondary N) is 2. The molecule has 1 aliphatic rings. The van der Waals surface area contributed by atoms with E-state index in [1.54, 1.807) is 0 Å². The molecule has 0 saturated heterocycles. The fraction of sp³-hybridized carbons (Fsp3) is 0.619. The van der Waals surface area contributed by atoms with Gasteiger partial charge in [-0.25, -0.2) is 0 Å². The number of rotatable bonds is 11. The van der Waals surface area contributed by atoms with Crippen LogP contribution in [0.25, 0.3) is 0 Å². The van der Waals surface area contributed by atoms with E-state index in [2.05, 4.69) is 52.6 Å². The zero-order valence-corrected chi connectivity index (χ0v) is 19.0. The molecule has 2 rings (SSSR count). The molecular weight excluding hydrogens is 453 g/mol. The van der Waals surface area contributed by atoms with E-state index in [1.165, 1.54) is 25.5 Å². The molecule has 0 amide bonds. The van der Waals surface area contributed by atoms with Crippen molar-refractivity contribution in [1.29, 1.82) is 0 Å². The van der Waals surface area contributed by atoms with E-state index < -0.39 is 0 Å². The van der Waals surface area contributed by atoms with Crippen LogP contribution >= 0.6 is 24.0 Å². The first-order valence-corrected chi connectivity index (χ1v) is 9.85. The second-order valence-electron chi connectivity index (χ2n) is 7.01. The molecule has 1 aromatic rings. The van der Waals surface area contributed by atoms with Crippen LogP contribution in [0.1, 0.15) is 57.4 Å². The zero-order valence-electron chi connectivity index (χ0n) is 16.6. The number of guanidine groups is 1. The van der Waals surface area contributed by atoms with Gasteiger partial charge in [-0.15, -0.1) is 24.0 Å². The van der Waals surface area contributed by atoms with Crippen LogP contribution in [-0.2, 0) is 14.9 Å². The first-order valence-electron chi connectivity index (χ1n) is 9.85. The number of esters is 1. The third kappa shape index (κ3) is 8.49. The van der Waals surface area contributed by atoms with Gasteiger partial charge in [0.05, 0.1) is 13.7 Å².